The average Bonchev–Trinajstić information content (AvgIpc) is 2.48. The number of para-hydroxylation sites is 1. The first-order valence-corrected chi connectivity index (χ1v) is 8.01. The maximum Gasteiger partial charge on any atom is 0.461 e. The molecular formula is C17H25ClF4N2O. The van der Waals surface area contributed by atoms with Crippen LogP contribution in [-0.4, -0.2) is 43.6 Å². The maximum absolute atomic E-state index is 13.4. The van der Waals surface area contributed by atoms with Crippen molar-refractivity contribution >= 4 is 12.4 Å². The summed E-state index contributed by atoms with van der Waals surface area (Å²) >= 11 is 0. The lowest BCUT2D eigenvalue weighted by atomic mass is 9.80. The summed E-state index contributed by atoms with van der Waals surface area (Å²) < 4.78 is 56.3. The molecule has 0 aromatic heterocycles. The van der Waals surface area contributed by atoms with Crippen molar-refractivity contribution < 1.29 is 22.3 Å². The molecule has 0 amide bonds. The van der Waals surface area contributed by atoms with Crippen LogP contribution in [-0.2, 0) is 0 Å². The first-order chi connectivity index (χ1) is 11.1. The Labute approximate surface area is 152 Å². The molecule has 1 heterocycles. The molecule has 1 aliphatic rings. The lowest BCUT2D eigenvalue weighted by Crippen LogP contribution is -2.48. The van der Waals surface area contributed by atoms with Crippen LogP contribution in [0.15, 0.2) is 24.3 Å². The van der Waals surface area contributed by atoms with Crippen LogP contribution in [0.2, 0.25) is 0 Å². The number of hydrogen-bond acceptors (Lipinski definition) is 3. The summed E-state index contributed by atoms with van der Waals surface area (Å²) in [4.78, 5) is 2.18. The minimum absolute atomic E-state index is 0. The van der Waals surface area contributed by atoms with Gasteiger partial charge in [-0.3, -0.25) is 4.90 Å². The number of halogens is 5. The monoisotopic (exact) mass is 384 g/mol. The lowest BCUT2D eigenvalue weighted by Gasteiger charge is -2.43. The number of hydrogen-bond donors (Lipinski definition) is 1. The van der Waals surface area contributed by atoms with Gasteiger partial charge >= 0.3 is 12.5 Å². The number of benzene rings is 1. The first-order valence-electron chi connectivity index (χ1n) is 8.01. The minimum Gasteiger partial charge on any atom is -0.428 e. The fraction of sp³-hybridized carbons (Fsp3) is 0.647. The molecule has 3 nitrogen and oxygen atoms in total. The predicted octanol–water partition coefficient (Wildman–Crippen LogP) is 4.34. The number of nitrogens with one attached hydrogen (secondary N) is 1. The van der Waals surface area contributed by atoms with Crippen molar-refractivity contribution in [2.24, 2.45) is 5.41 Å². The molecule has 1 aliphatic heterocycles. The zero-order valence-electron chi connectivity index (χ0n) is 14.6. The molecule has 1 atom stereocenters. The second-order valence-electron chi connectivity index (χ2n) is 7.06. The van der Waals surface area contributed by atoms with Crippen molar-refractivity contribution in [3.8, 4) is 5.75 Å². The average molecular weight is 385 g/mol. The van der Waals surface area contributed by atoms with Crippen molar-refractivity contribution in [1.82, 2.24) is 10.2 Å². The van der Waals surface area contributed by atoms with E-state index < -0.39 is 12.5 Å². The normalized spacial score (nSPS) is 17.9. The van der Waals surface area contributed by atoms with Gasteiger partial charge in [0, 0.05) is 37.8 Å². The Morgan fingerprint density at radius 3 is 2.16 bits per heavy atom. The van der Waals surface area contributed by atoms with Crippen LogP contribution in [0.4, 0.5) is 17.6 Å². The van der Waals surface area contributed by atoms with E-state index in [4.69, 9.17) is 0 Å². The van der Waals surface area contributed by atoms with Gasteiger partial charge in [0.1, 0.15) is 5.75 Å². The predicted molar refractivity (Wildman–Crippen MR) is 91.9 cm³/mol. The molecule has 0 aliphatic carbocycles. The summed E-state index contributed by atoms with van der Waals surface area (Å²) in [5, 5.41) is 3.25. The SMILES string of the molecule is CC(C)(C)[C@@H](c1ccccc1OC(F)(F)C(F)F)N1CCNCC1.Cl. The first kappa shape index (κ1) is 22.0. The van der Waals surface area contributed by atoms with E-state index in [2.05, 4.69) is 15.0 Å². The molecule has 1 N–H and O–H groups in total. The van der Waals surface area contributed by atoms with E-state index in [1.807, 2.05) is 20.8 Å². The number of alkyl halides is 4. The number of piperazine rings is 1. The van der Waals surface area contributed by atoms with Crippen molar-refractivity contribution in [2.45, 2.75) is 39.3 Å². The molecule has 0 saturated carbocycles. The Kier molecular flexibility index (Phi) is 7.53. The van der Waals surface area contributed by atoms with Gasteiger partial charge in [0.25, 0.3) is 0 Å². The van der Waals surface area contributed by atoms with Crippen LogP contribution in [0.25, 0.3) is 0 Å². The van der Waals surface area contributed by atoms with Crippen molar-refractivity contribution in [2.75, 3.05) is 26.2 Å². The third-order valence-electron chi connectivity index (χ3n) is 4.05. The van der Waals surface area contributed by atoms with Gasteiger partial charge in [0.05, 0.1) is 0 Å². The van der Waals surface area contributed by atoms with E-state index in [1.54, 1.807) is 12.1 Å². The zero-order valence-corrected chi connectivity index (χ0v) is 15.4. The summed E-state index contributed by atoms with van der Waals surface area (Å²) in [6.45, 7) is 9.10. The van der Waals surface area contributed by atoms with Gasteiger partial charge in [-0.2, -0.15) is 17.6 Å². The van der Waals surface area contributed by atoms with Crippen molar-refractivity contribution in [1.29, 1.82) is 0 Å². The summed E-state index contributed by atoms with van der Waals surface area (Å²) in [6.07, 6.45) is -8.39. The van der Waals surface area contributed by atoms with Crippen LogP contribution >= 0.6 is 12.4 Å². The number of rotatable bonds is 5. The minimum atomic E-state index is -4.51. The molecule has 0 radical (unpaired) electrons. The Morgan fingerprint density at radius 1 is 1.08 bits per heavy atom. The van der Waals surface area contributed by atoms with Crippen molar-refractivity contribution in [3.63, 3.8) is 0 Å². The van der Waals surface area contributed by atoms with E-state index in [-0.39, 0.29) is 29.6 Å². The van der Waals surface area contributed by atoms with E-state index in [1.165, 1.54) is 12.1 Å². The van der Waals surface area contributed by atoms with E-state index in [0.29, 0.717) is 5.56 Å². The molecule has 0 spiro atoms. The molecule has 0 unspecified atom stereocenters. The molecule has 1 fully saturated rings. The van der Waals surface area contributed by atoms with E-state index >= 15 is 0 Å². The smallest absolute Gasteiger partial charge is 0.428 e. The molecular weight excluding hydrogens is 360 g/mol. The van der Waals surface area contributed by atoms with Crippen LogP contribution < -0.4 is 10.1 Å². The number of ether oxygens (including phenoxy) is 1. The second kappa shape index (κ2) is 8.56. The molecule has 144 valence electrons. The summed E-state index contributed by atoms with van der Waals surface area (Å²) in [7, 11) is 0. The largest absolute Gasteiger partial charge is 0.461 e. The Bertz CT molecular complexity index is 546. The van der Waals surface area contributed by atoms with Gasteiger partial charge in [-0.15, -0.1) is 12.4 Å². The van der Waals surface area contributed by atoms with Crippen molar-refractivity contribution in [3.05, 3.63) is 29.8 Å². The van der Waals surface area contributed by atoms with Gasteiger partial charge < -0.3 is 10.1 Å². The summed E-state index contributed by atoms with van der Waals surface area (Å²) in [6, 6.07) is 6.01. The highest BCUT2D eigenvalue weighted by Crippen LogP contribution is 2.43. The maximum atomic E-state index is 13.4. The van der Waals surface area contributed by atoms with Crippen LogP contribution in [0.1, 0.15) is 32.4 Å². The Balaban J connectivity index is 0.00000312. The molecule has 1 aromatic rings. The van der Waals surface area contributed by atoms with E-state index in [9.17, 15) is 17.6 Å². The Morgan fingerprint density at radius 2 is 1.64 bits per heavy atom. The standard InChI is InChI=1S/C17H24F4N2O.ClH/c1-16(2,3)14(23-10-8-22-9-11-23)12-6-4-5-7-13(12)24-17(20,21)15(18)19;/h4-7,14-15,22H,8-11H2,1-3H3;1H/t14-;/m1./s1. The quantitative estimate of drug-likeness (QED) is 0.764. The summed E-state index contributed by atoms with van der Waals surface area (Å²) in [5.41, 5.74) is 0.226. The molecule has 1 aromatic carbocycles. The number of nitrogens with zero attached hydrogens (tertiary/aromatic N) is 1. The second-order valence-corrected chi connectivity index (χ2v) is 7.06. The zero-order chi connectivity index (χ0) is 18.0. The van der Waals surface area contributed by atoms with Gasteiger partial charge in [0.15, 0.2) is 0 Å². The summed E-state index contributed by atoms with van der Waals surface area (Å²) in [5.74, 6) is -0.193. The van der Waals surface area contributed by atoms with Crippen LogP contribution in [0.3, 0.4) is 0 Å². The van der Waals surface area contributed by atoms with Gasteiger partial charge in [-0.1, -0.05) is 39.0 Å². The molecule has 8 heteroatoms. The highest BCUT2D eigenvalue weighted by atomic mass is 35.5. The molecule has 1 saturated heterocycles. The molecule has 2 rings (SSSR count). The third-order valence-corrected chi connectivity index (χ3v) is 4.05. The highest BCUT2D eigenvalue weighted by molar-refractivity contribution is 5.85. The highest BCUT2D eigenvalue weighted by Gasteiger charge is 2.45. The fourth-order valence-corrected chi connectivity index (χ4v) is 3.14. The van der Waals surface area contributed by atoms with Crippen LogP contribution in [0.5, 0.6) is 5.75 Å². The third kappa shape index (κ3) is 5.46. The molecule has 0 bridgehead atoms. The molecule has 25 heavy (non-hydrogen) atoms. The Hall–Kier alpha value is -1.05. The lowest BCUT2D eigenvalue weighted by molar-refractivity contribution is -0.253. The van der Waals surface area contributed by atoms with Crippen LogP contribution in [0, 0.1) is 5.41 Å². The van der Waals surface area contributed by atoms with Gasteiger partial charge in [-0.25, -0.2) is 0 Å². The van der Waals surface area contributed by atoms with Gasteiger partial charge in [0.2, 0.25) is 0 Å². The fourth-order valence-electron chi connectivity index (χ4n) is 3.14. The topological polar surface area (TPSA) is 24.5 Å². The van der Waals surface area contributed by atoms with Gasteiger partial charge in [-0.05, 0) is 11.5 Å². The van der Waals surface area contributed by atoms with E-state index in [0.717, 1.165) is 26.2 Å².